The number of hydrogen-bond acceptors (Lipinski definition) is 2. The van der Waals surface area contributed by atoms with Gasteiger partial charge in [0.2, 0.25) is 5.91 Å². The summed E-state index contributed by atoms with van der Waals surface area (Å²) in [5.41, 5.74) is 5.58. The number of amides is 1. The van der Waals surface area contributed by atoms with E-state index in [0.29, 0.717) is 18.4 Å². The predicted octanol–water partition coefficient (Wildman–Crippen LogP) is 0.0250. The summed E-state index contributed by atoms with van der Waals surface area (Å²) in [6.45, 7) is 7.65. The minimum absolute atomic E-state index is 0.0215. The molecule has 0 fully saturated rings. The molecular formula is C10H22N4O. The van der Waals surface area contributed by atoms with Crippen molar-refractivity contribution in [2.45, 2.75) is 20.8 Å². The first kappa shape index (κ1) is 13.7. The number of nitrogens with one attached hydrogen (secondary N) is 1. The Balaban J connectivity index is 3.89. The minimum Gasteiger partial charge on any atom is -0.370 e. The second kappa shape index (κ2) is 7.09. The molecule has 0 bridgehead atoms. The Hall–Kier alpha value is -1.26. The quantitative estimate of drug-likeness (QED) is 0.501. The Morgan fingerprint density at radius 3 is 2.60 bits per heavy atom. The number of likely N-dealkylation sites (N-methyl/N-ethyl adjacent to an activating group) is 1. The van der Waals surface area contributed by atoms with Gasteiger partial charge >= 0.3 is 0 Å². The van der Waals surface area contributed by atoms with E-state index in [2.05, 4.69) is 24.2 Å². The Morgan fingerprint density at radius 1 is 1.53 bits per heavy atom. The Labute approximate surface area is 91.7 Å². The molecule has 88 valence electrons. The molecule has 0 radical (unpaired) electrons. The summed E-state index contributed by atoms with van der Waals surface area (Å²) in [6.07, 6.45) is 0. The predicted molar refractivity (Wildman–Crippen MR) is 62.6 cm³/mol. The van der Waals surface area contributed by atoms with Crippen LogP contribution in [0.1, 0.15) is 20.8 Å². The number of aliphatic imine (C=N–C) groups is 1. The van der Waals surface area contributed by atoms with Crippen LogP contribution in [0.2, 0.25) is 0 Å². The Bertz CT molecular complexity index is 225. The van der Waals surface area contributed by atoms with Gasteiger partial charge in [-0.15, -0.1) is 0 Å². The van der Waals surface area contributed by atoms with Crippen molar-refractivity contribution in [2.24, 2.45) is 16.6 Å². The SMILES string of the molecule is CCN(C)C(=O)CN=C(N)NCC(C)C. The molecule has 0 aromatic rings. The molecule has 5 heteroatoms. The number of nitrogens with two attached hydrogens (primary N) is 1. The van der Waals surface area contributed by atoms with Crippen molar-refractivity contribution in [3.63, 3.8) is 0 Å². The highest BCUT2D eigenvalue weighted by molar-refractivity contribution is 5.83. The Morgan fingerprint density at radius 2 is 2.13 bits per heavy atom. The number of carbonyl (C=O) groups excluding carboxylic acids is 1. The summed E-state index contributed by atoms with van der Waals surface area (Å²) in [5, 5.41) is 2.95. The lowest BCUT2D eigenvalue weighted by Gasteiger charge is -2.13. The summed E-state index contributed by atoms with van der Waals surface area (Å²) >= 11 is 0. The molecule has 0 aliphatic rings. The van der Waals surface area contributed by atoms with Gasteiger partial charge in [0.05, 0.1) is 0 Å². The van der Waals surface area contributed by atoms with Gasteiger partial charge in [-0.05, 0) is 12.8 Å². The highest BCUT2D eigenvalue weighted by Crippen LogP contribution is 1.87. The summed E-state index contributed by atoms with van der Waals surface area (Å²) in [5.74, 6) is 0.820. The maximum atomic E-state index is 11.4. The maximum absolute atomic E-state index is 11.4. The van der Waals surface area contributed by atoms with Crippen molar-refractivity contribution in [3.8, 4) is 0 Å². The standard InChI is InChI=1S/C10H22N4O/c1-5-14(4)9(15)7-13-10(11)12-6-8(2)3/h8H,5-7H2,1-4H3,(H3,11,12,13). The number of hydrogen-bond donors (Lipinski definition) is 2. The van der Waals surface area contributed by atoms with Gasteiger partial charge in [0.25, 0.3) is 0 Å². The first-order chi connectivity index (χ1) is 6.97. The third-order valence-electron chi connectivity index (χ3n) is 1.98. The van der Waals surface area contributed by atoms with Gasteiger partial charge in [-0.2, -0.15) is 0 Å². The zero-order valence-corrected chi connectivity index (χ0v) is 10.1. The highest BCUT2D eigenvalue weighted by Gasteiger charge is 2.04. The topological polar surface area (TPSA) is 70.7 Å². The van der Waals surface area contributed by atoms with E-state index in [1.165, 1.54) is 0 Å². The molecule has 0 aromatic heterocycles. The lowest BCUT2D eigenvalue weighted by Crippen LogP contribution is -2.36. The van der Waals surface area contributed by atoms with Crippen LogP contribution in [-0.2, 0) is 4.79 Å². The average Bonchev–Trinajstić information content (AvgIpc) is 2.21. The lowest BCUT2D eigenvalue weighted by atomic mass is 10.2. The van der Waals surface area contributed by atoms with Crippen LogP contribution >= 0.6 is 0 Å². The van der Waals surface area contributed by atoms with Gasteiger partial charge in [0, 0.05) is 20.1 Å². The second-order valence-corrected chi connectivity index (χ2v) is 3.88. The van der Waals surface area contributed by atoms with Crippen molar-refractivity contribution >= 4 is 11.9 Å². The molecule has 3 N–H and O–H groups in total. The fraction of sp³-hybridized carbons (Fsp3) is 0.800. The van der Waals surface area contributed by atoms with Crippen molar-refractivity contribution in [1.82, 2.24) is 10.2 Å². The molecule has 0 unspecified atom stereocenters. The van der Waals surface area contributed by atoms with E-state index in [0.717, 1.165) is 6.54 Å². The van der Waals surface area contributed by atoms with Crippen molar-refractivity contribution in [3.05, 3.63) is 0 Å². The van der Waals surface area contributed by atoms with Crippen molar-refractivity contribution < 1.29 is 4.79 Å². The zero-order valence-electron chi connectivity index (χ0n) is 10.1. The first-order valence-corrected chi connectivity index (χ1v) is 5.25. The molecule has 15 heavy (non-hydrogen) atoms. The Kier molecular flexibility index (Phi) is 6.49. The molecule has 0 rings (SSSR count). The van der Waals surface area contributed by atoms with E-state index in [1.54, 1.807) is 11.9 Å². The van der Waals surface area contributed by atoms with Crippen LogP contribution in [-0.4, -0.2) is 43.4 Å². The zero-order chi connectivity index (χ0) is 11.8. The lowest BCUT2D eigenvalue weighted by molar-refractivity contribution is -0.128. The van der Waals surface area contributed by atoms with Gasteiger partial charge < -0.3 is 16.0 Å². The van der Waals surface area contributed by atoms with Gasteiger partial charge in [0.1, 0.15) is 6.54 Å². The average molecular weight is 214 g/mol. The second-order valence-electron chi connectivity index (χ2n) is 3.88. The molecule has 0 atom stereocenters. The largest absolute Gasteiger partial charge is 0.370 e. The van der Waals surface area contributed by atoms with Gasteiger partial charge in [-0.1, -0.05) is 13.8 Å². The summed E-state index contributed by atoms with van der Waals surface area (Å²) in [7, 11) is 1.75. The van der Waals surface area contributed by atoms with E-state index in [-0.39, 0.29) is 12.5 Å². The maximum Gasteiger partial charge on any atom is 0.244 e. The third-order valence-corrected chi connectivity index (χ3v) is 1.98. The normalized spacial score (nSPS) is 11.7. The van der Waals surface area contributed by atoms with E-state index in [4.69, 9.17) is 5.73 Å². The van der Waals surface area contributed by atoms with Crippen LogP contribution in [0.5, 0.6) is 0 Å². The van der Waals surface area contributed by atoms with E-state index >= 15 is 0 Å². The van der Waals surface area contributed by atoms with Crippen LogP contribution < -0.4 is 11.1 Å². The molecule has 5 nitrogen and oxygen atoms in total. The van der Waals surface area contributed by atoms with Crippen LogP contribution in [0.15, 0.2) is 4.99 Å². The van der Waals surface area contributed by atoms with Gasteiger partial charge in [-0.3, -0.25) is 4.79 Å². The molecule has 0 aliphatic carbocycles. The monoisotopic (exact) mass is 214 g/mol. The van der Waals surface area contributed by atoms with Crippen molar-refractivity contribution in [2.75, 3.05) is 26.7 Å². The highest BCUT2D eigenvalue weighted by atomic mass is 16.2. The van der Waals surface area contributed by atoms with Crippen LogP contribution in [0, 0.1) is 5.92 Å². The molecule has 0 aliphatic heterocycles. The fourth-order valence-electron chi connectivity index (χ4n) is 0.814. The number of nitrogens with zero attached hydrogens (tertiary/aromatic N) is 2. The molecular weight excluding hydrogens is 192 g/mol. The molecule has 0 aromatic carbocycles. The summed E-state index contributed by atoms with van der Waals surface area (Å²) in [6, 6.07) is 0. The fourth-order valence-corrected chi connectivity index (χ4v) is 0.814. The first-order valence-electron chi connectivity index (χ1n) is 5.25. The van der Waals surface area contributed by atoms with E-state index in [1.807, 2.05) is 6.92 Å². The van der Waals surface area contributed by atoms with Crippen LogP contribution in [0.4, 0.5) is 0 Å². The minimum atomic E-state index is -0.0215. The number of rotatable bonds is 5. The van der Waals surface area contributed by atoms with E-state index < -0.39 is 0 Å². The molecule has 0 spiro atoms. The molecule has 0 saturated carbocycles. The van der Waals surface area contributed by atoms with Gasteiger partial charge in [0.15, 0.2) is 5.96 Å². The number of carbonyl (C=O) groups is 1. The number of guanidine groups is 1. The third kappa shape index (κ3) is 6.76. The summed E-state index contributed by atoms with van der Waals surface area (Å²) in [4.78, 5) is 16.9. The smallest absolute Gasteiger partial charge is 0.244 e. The van der Waals surface area contributed by atoms with Gasteiger partial charge in [-0.25, -0.2) is 4.99 Å². The van der Waals surface area contributed by atoms with Crippen LogP contribution in [0.3, 0.4) is 0 Å². The summed E-state index contributed by atoms with van der Waals surface area (Å²) < 4.78 is 0. The molecule has 1 amide bonds. The van der Waals surface area contributed by atoms with E-state index in [9.17, 15) is 4.79 Å². The van der Waals surface area contributed by atoms with Crippen LogP contribution in [0.25, 0.3) is 0 Å². The molecule has 0 saturated heterocycles. The van der Waals surface area contributed by atoms with Crippen molar-refractivity contribution in [1.29, 1.82) is 0 Å². The molecule has 0 heterocycles.